The molecule has 3 aromatic rings. The molecular formula is C10H6BrN3. The van der Waals surface area contributed by atoms with E-state index in [0.29, 0.717) is 0 Å². The summed E-state index contributed by atoms with van der Waals surface area (Å²) in [5.74, 6) is 0. The summed E-state index contributed by atoms with van der Waals surface area (Å²) in [4.78, 5) is 0. The zero-order valence-corrected chi connectivity index (χ0v) is 8.77. The van der Waals surface area contributed by atoms with E-state index >= 15 is 0 Å². The largest absolute Gasteiger partial charge is 0.288 e. The summed E-state index contributed by atoms with van der Waals surface area (Å²) in [6.07, 6.45) is 3.73. The normalized spacial score (nSPS) is 11.2. The van der Waals surface area contributed by atoms with Crippen LogP contribution in [0.5, 0.6) is 0 Å². The summed E-state index contributed by atoms with van der Waals surface area (Å²) in [5, 5.41) is 10.2. The van der Waals surface area contributed by atoms with Crippen molar-refractivity contribution in [3.8, 4) is 0 Å². The molecule has 1 aromatic carbocycles. The molecule has 2 aromatic heterocycles. The van der Waals surface area contributed by atoms with Gasteiger partial charge in [0, 0.05) is 16.1 Å². The maximum Gasteiger partial charge on any atom is 0.161 e. The Morgan fingerprint density at radius 2 is 2.21 bits per heavy atom. The number of benzene rings is 1. The van der Waals surface area contributed by atoms with Crippen molar-refractivity contribution in [2.75, 3.05) is 0 Å². The number of nitrogens with zero attached hydrogens (tertiary/aromatic N) is 3. The van der Waals surface area contributed by atoms with Gasteiger partial charge in [0.2, 0.25) is 0 Å². The molecule has 3 rings (SSSR count). The van der Waals surface area contributed by atoms with Gasteiger partial charge in [-0.15, -0.1) is 10.2 Å². The fraction of sp³-hybridized carbons (Fsp3) is 0. The van der Waals surface area contributed by atoms with Crippen LogP contribution in [0.4, 0.5) is 0 Å². The topological polar surface area (TPSA) is 30.2 Å². The van der Waals surface area contributed by atoms with Crippen LogP contribution in [0, 0.1) is 0 Å². The monoisotopic (exact) mass is 247 g/mol. The number of rotatable bonds is 0. The lowest BCUT2D eigenvalue weighted by Crippen LogP contribution is -1.84. The van der Waals surface area contributed by atoms with Crippen LogP contribution in [-0.4, -0.2) is 14.6 Å². The van der Waals surface area contributed by atoms with Crippen molar-refractivity contribution in [2.45, 2.75) is 0 Å². The van der Waals surface area contributed by atoms with E-state index in [-0.39, 0.29) is 0 Å². The van der Waals surface area contributed by atoms with E-state index in [1.807, 2.05) is 28.8 Å². The van der Waals surface area contributed by atoms with Gasteiger partial charge in [-0.1, -0.05) is 28.1 Å². The van der Waals surface area contributed by atoms with Gasteiger partial charge in [0.25, 0.3) is 0 Å². The Morgan fingerprint density at radius 3 is 3.14 bits per heavy atom. The van der Waals surface area contributed by atoms with Crippen LogP contribution in [0.2, 0.25) is 0 Å². The number of pyridine rings is 1. The highest BCUT2D eigenvalue weighted by molar-refractivity contribution is 9.10. The second kappa shape index (κ2) is 2.78. The quantitative estimate of drug-likeness (QED) is 0.612. The zero-order chi connectivity index (χ0) is 9.54. The molecule has 0 bridgehead atoms. The Kier molecular flexibility index (Phi) is 1.58. The number of hydrogen-bond acceptors (Lipinski definition) is 2. The van der Waals surface area contributed by atoms with E-state index < -0.39 is 0 Å². The molecule has 3 nitrogen and oxygen atoms in total. The molecule has 14 heavy (non-hydrogen) atoms. The Balaban J connectivity index is 2.57. The molecule has 0 amide bonds. The van der Waals surface area contributed by atoms with E-state index in [4.69, 9.17) is 0 Å². The molecule has 0 saturated carbocycles. The smallest absolute Gasteiger partial charge is 0.161 e. The van der Waals surface area contributed by atoms with Gasteiger partial charge in [0.1, 0.15) is 6.33 Å². The lowest BCUT2D eigenvalue weighted by atomic mass is 10.2. The molecule has 0 aliphatic heterocycles. The summed E-state index contributed by atoms with van der Waals surface area (Å²) in [6, 6.07) is 8.13. The number of aromatic nitrogens is 3. The molecule has 2 heterocycles. The Morgan fingerprint density at radius 1 is 1.29 bits per heavy atom. The van der Waals surface area contributed by atoms with Gasteiger partial charge >= 0.3 is 0 Å². The molecule has 0 saturated heterocycles. The van der Waals surface area contributed by atoms with Crippen LogP contribution in [0.3, 0.4) is 0 Å². The average molecular weight is 248 g/mol. The minimum absolute atomic E-state index is 0.865. The van der Waals surface area contributed by atoms with Gasteiger partial charge in [-0.05, 0) is 17.5 Å². The van der Waals surface area contributed by atoms with Crippen LogP contribution >= 0.6 is 15.9 Å². The van der Waals surface area contributed by atoms with Gasteiger partial charge in [-0.3, -0.25) is 4.40 Å². The van der Waals surface area contributed by atoms with Crippen molar-refractivity contribution >= 4 is 32.3 Å². The molecule has 0 N–H and O–H groups in total. The van der Waals surface area contributed by atoms with Crippen LogP contribution in [0.15, 0.2) is 41.3 Å². The van der Waals surface area contributed by atoms with Crippen molar-refractivity contribution in [2.24, 2.45) is 0 Å². The predicted molar refractivity (Wildman–Crippen MR) is 58.2 cm³/mol. The van der Waals surface area contributed by atoms with E-state index in [2.05, 4.69) is 32.2 Å². The van der Waals surface area contributed by atoms with Gasteiger partial charge in [-0.25, -0.2) is 0 Å². The third-order valence-electron chi connectivity index (χ3n) is 2.24. The SMILES string of the molecule is Brc1cccc2cn3cnnc3cc12. The fourth-order valence-electron chi connectivity index (χ4n) is 1.55. The molecule has 0 radical (unpaired) electrons. The lowest BCUT2D eigenvalue weighted by Gasteiger charge is -2.00. The maximum absolute atomic E-state index is 4.00. The second-order valence-electron chi connectivity index (χ2n) is 3.11. The van der Waals surface area contributed by atoms with Crippen LogP contribution in [0.25, 0.3) is 16.4 Å². The van der Waals surface area contributed by atoms with Gasteiger partial charge in [0.15, 0.2) is 5.65 Å². The summed E-state index contributed by atoms with van der Waals surface area (Å²) < 4.78 is 3.00. The van der Waals surface area contributed by atoms with Crippen molar-refractivity contribution in [3.05, 3.63) is 41.3 Å². The molecule has 0 spiro atoms. The first-order valence-corrected chi connectivity index (χ1v) is 5.01. The van der Waals surface area contributed by atoms with Gasteiger partial charge in [-0.2, -0.15) is 0 Å². The van der Waals surface area contributed by atoms with E-state index in [9.17, 15) is 0 Å². The highest BCUT2D eigenvalue weighted by Gasteiger charge is 2.01. The van der Waals surface area contributed by atoms with Crippen molar-refractivity contribution in [1.82, 2.24) is 14.6 Å². The molecule has 0 fully saturated rings. The summed E-state index contributed by atoms with van der Waals surface area (Å²) >= 11 is 3.51. The van der Waals surface area contributed by atoms with E-state index in [1.54, 1.807) is 6.33 Å². The van der Waals surface area contributed by atoms with Crippen molar-refractivity contribution < 1.29 is 0 Å². The van der Waals surface area contributed by atoms with E-state index in [1.165, 1.54) is 5.39 Å². The standard InChI is InChI=1S/C10H6BrN3/c11-9-3-1-2-7-5-14-6-12-13-10(14)4-8(7)9/h1-6H. The van der Waals surface area contributed by atoms with Crippen molar-refractivity contribution in [1.29, 1.82) is 0 Å². The summed E-state index contributed by atoms with van der Waals surface area (Å²) in [5.41, 5.74) is 0.865. The summed E-state index contributed by atoms with van der Waals surface area (Å²) in [7, 11) is 0. The molecule has 0 aliphatic rings. The van der Waals surface area contributed by atoms with Gasteiger partial charge in [0.05, 0.1) is 0 Å². The predicted octanol–water partition coefficient (Wildman–Crippen LogP) is 2.65. The van der Waals surface area contributed by atoms with Crippen LogP contribution in [-0.2, 0) is 0 Å². The minimum Gasteiger partial charge on any atom is -0.288 e. The van der Waals surface area contributed by atoms with E-state index in [0.717, 1.165) is 15.5 Å². The molecule has 0 aliphatic carbocycles. The number of hydrogen-bond donors (Lipinski definition) is 0. The highest BCUT2D eigenvalue weighted by atomic mass is 79.9. The first kappa shape index (κ1) is 7.94. The first-order valence-electron chi connectivity index (χ1n) is 4.22. The second-order valence-corrected chi connectivity index (χ2v) is 3.97. The third kappa shape index (κ3) is 1.04. The van der Waals surface area contributed by atoms with Gasteiger partial charge < -0.3 is 0 Å². The number of halogens is 1. The minimum atomic E-state index is 0.865. The maximum atomic E-state index is 4.00. The first-order chi connectivity index (χ1) is 6.84. The Bertz CT molecular complexity index is 615. The molecule has 4 heteroatoms. The molecule has 0 atom stereocenters. The highest BCUT2D eigenvalue weighted by Crippen LogP contribution is 2.24. The molecule has 0 unspecified atom stereocenters. The Labute approximate surface area is 88.5 Å². The molecule has 68 valence electrons. The van der Waals surface area contributed by atoms with Crippen molar-refractivity contribution in [3.63, 3.8) is 0 Å². The van der Waals surface area contributed by atoms with Crippen LogP contribution in [0.1, 0.15) is 0 Å². The summed E-state index contributed by atoms with van der Waals surface area (Å²) in [6.45, 7) is 0. The fourth-order valence-corrected chi connectivity index (χ4v) is 2.05. The lowest BCUT2D eigenvalue weighted by molar-refractivity contribution is 1.10. The third-order valence-corrected chi connectivity index (χ3v) is 2.93. The Hall–Kier alpha value is -1.42. The molecular weight excluding hydrogens is 242 g/mol. The zero-order valence-electron chi connectivity index (χ0n) is 7.18. The number of fused-ring (bicyclic) bond motifs is 2. The van der Waals surface area contributed by atoms with Crippen LogP contribution < -0.4 is 0 Å². The average Bonchev–Trinajstić information content (AvgIpc) is 2.62.